The van der Waals surface area contributed by atoms with E-state index in [2.05, 4.69) is 10.4 Å². The second kappa shape index (κ2) is 5.43. The number of anilines is 1. The zero-order valence-corrected chi connectivity index (χ0v) is 11.0. The lowest BCUT2D eigenvalue weighted by Gasteiger charge is -2.09. The Hall–Kier alpha value is -2.83. The molecule has 0 atom stereocenters. The fourth-order valence-corrected chi connectivity index (χ4v) is 1.66. The van der Waals surface area contributed by atoms with E-state index < -0.39 is 11.9 Å². The Balaban J connectivity index is 2.31. The number of hydrogen-bond donors (Lipinski definition) is 2. The van der Waals surface area contributed by atoms with E-state index in [4.69, 9.17) is 9.84 Å². The number of benzene rings is 1. The van der Waals surface area contributed by atoms with Gasteiger partial charge in [-0.15, -0.1) is 0 Å². The van der Waals surface area contributed by atoms with Crippen molar-refractivity contribution in [3.05, 3.63) is 41.7 Å². The first kappa shape index (κ1) is 13.6. The van der Waals surface area contributed by atoms with E-state index in [-0.39, 0.29) is 16.9 Å². The van der Waals surface area contributed by atoms with Crippen LogP contribution in [-0.4, -0.2) is 33.9 Å². The minimum absolute atomic E-state index is 0.0184. The van der Waals surface area contributed by atoms with Gasteiger partial charge in [0, 0.05) is 19.3 Å². The van der Waals surface area contributed by atoms with Crippen molar-refractivity contribution in [2.45, 2.75) is 0 Å². The number of carbonyl (C=O) groups is 2. The highest BCUT2D eigenvalue weighted by Gasteiger charge is 2.16. The van der Waals surface area contributed by atoms with Gasteiger partial charge in [0.15, 0.2) is 5.69 Å². The first-order chi connectivity index (χ1) is 9.51. The molecule has 0 unspecified atom stereocenters. The quantitative estimate of drug-likeness (QED) is 0.879. The van der Waals surface area contributed by atoms with Crippen LogP contribution >= 0.6 is 0 Å². The summed E-state index contributed by atoms with van der Waals surface area (Å²) >= 11 is 0. The third kappa shape index (κ3) is 2.77. The predicted octanol–water partition coefficient (Wildman–Crippen LogP) is 1.38. The summed E-state index contributed by atoms with van der Waals surface area (Å²) in [4.78, 5) is 23.1. The molecule has 1 aromatic heterocycles. The number of methoxy groups -OCH3 is 1. The minimum Gasteiger partial charge on any atom is -0.497 e. The van der Waals surface area contributed by atoms with Gasteiger partial charge >= 0.3 is 5.97 Å². The van der Waals surface area contributed by atoms with Crippen LogP contribution in [-0.2, 0) is 7.05 Å². The molecule has 1 aromatic carbocycles. The number of aromatic nitrogens is 2. The number of nitrogens with one attached hydrogen (secondary N) is 1. The number of nitrogens with zero attached hydrogens (tertiary/aromatic N) is 2. The maximum Gasteiger partial charge on any atom is 0.337 e. The first-order valence-electron chi connectivity index (χ1n) is 5.73. The third-order valence-electron chi connectivity index (χ3n) is 2.65. The molecule has 2 N–H and O–H groups in total. The lowest BCUT2D eigenvalue weighted by molar-refractivity contribution is 0.0698. The van der Waals surface area contributed by atoms with Crippen LogP contribution in [0.2, 0.25) is 0 Å². The van der Waals surface area contributed by atoms with Crippen LogP contribution < -0.4 is 10.1 Å². The van der Waals surface area contributed by atoms with E-state index in [1.54, 1.807) is 13.2 Å². The average molecular weight is 275 g/mol. The van der Waals surface area contributed by atoms with E-state index in [1.807, 2.05) is 0 Å². The van der Waals surface area contributed by atoms with Crippen molar-refractivity contribution in [1.82, 2.24) is 9.78 Å². The molecule has 0 radical (unpaired) electrons. The fraction of sp³-hybridized carbons (Fsp3) is 0.154. The number of amides is 1. The summed E-state index contributed by atoms with van der Waals surface area (Å²) < 4.78 is 6.50. The molecular weight excluding hydrogens is 262 g/mol. The van der Waals surface area contributed by atoms with Gasteiger partial charge in [0.25, 0.3) is 5.91 Å². The van der Waals surface area contributed by atoms with Crippen molar-refractivity contribution in [2.24, 2.45) is 7.05 Å². The summed E-state index contributed by atoms with van der Waals surface area (Å²) in [6.07, 6.45) is 1.62. The normalized spacial score (nSPS) is 10.1. The van der Waals surface area contributed by atoms with Crippen LogP contribution in [0.1, 0.15) is 20.8 Å². The number of carboxylic acids is 1. The molecule has 0 fully saturated rings. The van der Waals surface area contributed by atoms with E-state index in [1.165, 1.54) is 36.1 Å². The Bertz CT molecular complexity index is 663. The van der Waals surface area contributed by atoms with E-state index in [0.29, 0.717) is 5.75 Å². The number of ether oxygens (including phenoxy) is 1. The van der Waals surface area contributed by atoms with Gasteiger partial charge in [-0.05, 0) is 18.2 Å². The summed E-state index contributed by atoms with van der Waals surface area (Å²) in [5, 5.41) is 15.6. The third-order valence-corrected chi connectivity index (χ3v) is 2.65. The van der Waals surface area contributed by atoms with Gasteiger partial charge in [-0.3, -0.25) is 9.48 Å². The summed E-state index contributed by atoms with van der Waals surface area (Å²) in [7, 11) is 3.14. The molecule has 0 saturated heterocycles. The zero-order valence-electron chi connectivity index (χ0n) is 11.0. The second-order valence-electron chi connectivity index (χ2n) is 4.05. The number of carboxylic acid groups (broad SMARTS) is 1. The van der Waals surface area contributed by atoms with Crippen molar-refractivity contribution in [2.75, 3.05) is 12.4 Å². The van der Waals surface area contributed by atoms with E-state index in [9.17, 15) is 9.59 Å². The van der Waals surface area contributed by atoms with Gasteiger partial charge in [-0.25, -0.2) is 4.79 Å². The number of aryl methyl sites for hydroxylation is 1. The van der Waals surface area contributed by atoms with E-state index >= 15 is 0 Å². The minimum atomic E-state index is -1.14. The molecule has 0 saturated carbocycles. The number of rotatable bonds is 4. The van der Waals surface area contributed by atoms with Crippen LogP contribution in [0.5, 0.6) is 5.75 Å². The zero-order chi connectivity index (χ0) is 14.7. The van der Waals surface area contributed by atoms with Gasteiger partial charge < -0.3 is 15.2 Å². The van der Waals surface area contributed by atoms with Gasteiger partial charge in [0.05, 0.1) is 18.4 Å². The predicted molar refractivity (Wildman–Crippen MR) is 71.1 cm³/mol. The highest BCUT2D eigenvalue weighted by molar-refractivity contribution is 6.06. The SMILES string of the molecule is COc1ccc(C(=O)O)c(NC(=O)c2ccn(C)n2)c1. The molecule has 7 nitrogen and oxygen atoms in total. The first-order valence-corrected chi connectivity index (χ1v) is 5.73. The fourth-order valence-electron chi connectivity index (χ4n) is 1.66. The second-order valence-corrected chi connectivity index (χ2v) is 4.05. The number of aromatic carboxylic acids is 1. The topological polar surface area (TPSA) is 93.5 Å². The molecule has 2 aromatic rings. The Morgan fingerprint density at radius 2 is 2.10 bits per heavy atom. The van der Waals surface area contributed by atoms with Crippen molar-refractivity contribution >= 4 is 17.6 Å². The molecular formula is C13H13N3O4. The number of carbonyl (C=O) groups excluding carboxylic acids is 1. The molecule has 1 amide bonds. The molecule has 1 heterocycles. The van der Waals surface area contributed by atoms with Crippen molar-refractivity contribution in [1.29, 1.82) is 0 Å². The highest BCUT2D eigenvalue weighted by Crippen LogP contribution is 2.23. The Labute approximate surface area is 114 Å². The largest absolute Gasteiger partial charge is 0.497 e. The lowest BCUT2D eigenvalue weighted by atomic mass is 10.1. The van der Waals surface area contributed by atoms with Crippen LogP contribution in [0.25, 0.3) is 0 Å². The average Bonchev–Trinajstić information content (AvgIpc) is 2.85. The Morgan fingerprint density at radius 3 is 2.65 bits per heavy atom. The molecule has 20 heavy (non-hydrogen) atoms. The van der Waals surface area contributed by atoms with Crippen LogP contribution in [0.4, 0.5) is 5.69 Å². The van der Waals surface area contributed by atoms with E-state index in [0.717, 1.165) is 0 Å². The molecule has 0 bridgehead atoms. The van der Waals surface area contributed by atoms with Crippen molar-refractivity contribution in [3.63, 3.8) is 0 Å². The monoisotopic (exact) mass is 275 g/mol. The molecule has 2 rings (SSSR count). The van der Waals surface area contributed by atoms with Crippen LogP contribution in [0.15, 0.2) is 30.5 Å². The molecule has 104 valence electrons. The molecule has 0 spiro atoms. The van der Waals surface area contributed by atoms with Crippen molar-refractivity contribution in [3.8, 4) is 5.75 Å². The summed E-state index contributed by atoms with van der Waals surface area (Å²) in [6.45, 7) is 0. The highest BCUT2D eigenvalue weighted by atomic mass is 16.5. The Kier molecular flexibility index (Phi) is 3.69. The maximum absolute atomic E-state index is 12.0. The van der Waals surface area contributed by atoms with Gasteiger partial charge in [0.1, 0.15) is 5.75 Å². The number of hydrogen-bond acceptors (Lipinski definition) is 4. The van der Waals surface area contributed by atoms with Crippen molar-refractivity contribution < 1.29 is 19.4 Å². The maximum atomic E-state index is 12.0. The van der Waals surface area contributed by atoms with Gasteiger partial charge in [-0.2, -0.15) is 5.10 Å². The van der Waals surface area contributed by atoms with Gasteiger partial charge in [-0.1, -0.05) is 0 Å². The molecule has 0 aliphatic heterocycles. The van der Waals surface area contributed by atoms with Gasteiger partial charge in [0.2, 0.25) is 0 Å². The Morgan fingerprint density at radius 1 is 1.35 bits per heavy atom. The molecule has 7 heteroatoms. The standard InChI is InChI=1S/C13H13N3O4/c1-16-6-5-10(15-16)12(17)14-11-7-8(20-2)3-4-9(11)13(18)19/h3-7H,1-2H3,(H,14,17)(H,18,19). The lowest BCUT2D eigenvalue weighted by Crippen LogP contribution is -2.15. The smallest absolute Gasteiger partial charge is 0.337 e. The van der Waals surface area contributed by atoms with Crippen LogP contribution in [0, 0.1) is 0 Å². The van der Waals surface area contributed by atoms with Crippen LogP contribution in [0.3, 0.4) is 0 Å². The summed E-state index contributed by atoms with van der Waals surface area (Å²) in [5.74, 6) is -1.17. The molecule has 0 aliphatic carbocycles. The molecule has 0 aliphatic rings. The summed E-state index contributed by atoms with van der Waals surface area (Å²) in [5.41, 5.74) is 0.342. The summed E-state index contributed by atoms with van der Waals surface area (Å²) in [6, 6.07) is 5.87.